The lowest BCUT2D eigenvalue weighted by molar-refractivity contribution is 0.229. The lowest BCUT2D eigenvalue weighted by Gasteiger charge is -2.11. The zero-order valence-electron chi connectivity index (χ0n) is 8.06. The van der Waals surface area contributed by atoms with Gasteiger partial charge in [0.25, 0.3) is 0 Å². The number of nitrogens with zero attached hydrogens (tertiary/aromatic N) is 2. The molecule has 0 saturated heterocycles. The van der Waals surface area contributed by atoms with Gasteiger partial charge in [0.15, 0.2) is 0 Å². The van der Waals surface area contributed by atoms with E-state index in [1.807, 2.05) is 0 Å². The van der Waals surface area contributed by atoms with Crippen LogP contribution in [0, 0.1) is 5.92 Å². The van der Waals surface area contributed by atoms with Crippen LogP contribution in [0.1, 0.15) is 19.3 Å². The van der Waals surface area contributed by atoms with Gasteiger partial charge >= 0.3 is 0 Å². The minimum atomic E-state index is 0.299. The highest BCUT2D eigenvalue weighted by Gasteiger charge is 2.24. The van der Waals surface area contributed by atoms with Gasteiger partial charge in [0, 0.05) is 25.0 Å². The van der Waals surface area contributed by atoms with Gasteiger partial charge in [-0.25, -0.2) is 9.97 Å². The van der Waals surface area contributed by atoms with Crippen LogP contribution in [0.2, 0.25) is 0 Å². The average Bonchev–Trinajstić information content (AvgIpc) is 2.67. The fraction of sp³-hybridized carbons (Fsp3) is 0.600. The lowest BCUT2D eigenvalue weighted by atomic mass is 10.1. The summed E-state index contributed by atoms with van der Waals surface area (Å²) in [5, 5.41) is 12.3. The number of aromatic nitrogens is 2. The summed E-state index contributed by atoms with van der Waals surface area (Å²) in [6, 6.07) is 2.23. The summed E-state index contributed by atoms with van der Waals surface area (Å²) in [4.78, 5) is 8.22. The Balaban J connectivity index is 1.88. The molecule has 0 bridgehead atoms. The summed E-state index contributed by atoms with van der Waals surface area (Å²) in [6.45, 7) is 0.299. The molecule has 0 aliphatic heterocycles. The Morgan fingerprint density at radius 1 is 1.36 bits per heavy atom. The smallest absolute Gasteiger partial charge is 0.222 e. The lowest BCUT2D eigenvalue weighted by Crippen LogP contribution is -2.17. The van der Waals surface area contributed by atoms with E-state index in [1.165, 1.54) is 0 Å². The maximum atomic E-state index is 8.99. The van der Waals surface area contributed by atoms with Gasteiger partial charge in [-0.2, -0.15) is 0 Å². The van der Waals surface area contributed by atoms with Gasteiger partial charge in [-0.1, -0.05) is 0 Å². The molecule has 0 aromatic carbocycles. The molecule has 0 amide bonds. The quantitative estimate of drug-likeness (QED) is 0.753. The molecule has 1 aliphatic rings. The van der Waals surface area contributed by atoms with Gasteiger partial charge in [0.1, 0.15) is 0 Å². The standard InChI is InChI=1S/C10H15N3O/c14-7-8-2-3-9(6-8)13-10-11-4-1-5-12-10/h1,4-5,8-9,14H,2-3,6-7H2,(H,11,12,13)/t8-,9-/m1/s1. The van der Waals surface area contributed by atoms with E-state index in [0.29, 0.717) is 24.5 Å². The minimum Gasteiger partial charge on any atom is -0.396 e. The molecule has 76 valence electrons. The second kappa shape index (κ2) is 4.37. The van der Waals surface area contributed by atoms with Crippen LogP contribution >= 0.6 is 0 Å². The second-order valence-electron chi connectivity index (χ2n) is 3.78. The van der Waals surface area contributed by atoms with E-state index in [0.717, 1.165) is 19.3 Å². The molecule has 1 aromatic heterocycles. The molecule has 14 heavy (non-hydrogen) atoms. The first-order chi connectivity index (χ1) is 6.88. The number of aliphatic hydroxyl groups is 1. The van der Waals surface area contributed by atoms with E-state index in [4.69, 9.17) is 5.11 Å². The molecular weight excluding hydrogens is 178 g/mol. The zero-order valence-corrected chi connectivity index (χ0v) is 8.06. The maximum Gasteiger partial charge on any atom is 0.222 e. The van der Waals surface area contributed by atoms with Crippen molar-refractivity contribution >= 4 is 5.95 Å². The molecular formula is C10H15N3O. The van der Waals surface area contributed by atoms with Crippen molar-refractivity contribution in [2.75, 3.05) is 11.9 Å². The minimum absolute atomic E-state index is 0.299. The van der Waals surface area contributed by atoms with Crippen LogP contribution in [0.25, 0.3) is 0 Å². The topological polar surface area (TPSA) is 58.0 Å². The van der Waals surface area contributed by atoms with Crippen LogP contribution in [0.5, 0.6) is 0 Å². The largest absolute Gasteiger partial charge is 0.396 e. The van der Waals surface area contributed by atoms with Gasteiger partial charge in [-0.05, 0) is 31.2 Å². The highest BCUT2D eigenvalue weighted by atomic mass is 16.3. The van der Waals surface area contributed by atoms with E-state index in [2.05, 4.69) is 15.3 Å². The predicted molar refractivity (Wildman–Crippen MR) is 53.9 cm³/mol. The number of hydrogen-bond donors (Lipinski definition) is 2. The number of nitrogens with one attached hydrogen (secondary N) is 1. The van der Waals surface area contributed by atoms with E-state index in [-0.39, 0.29) is 0 Å². The van der Waals surface area contributed by atoms with E-state index >= 15 is 0 Å². The molecule has 1 fully saturated rings. The van der Waals surface area contributed by atoms with Crippen LogP contribution < -0.4 is 5.32 Å². The van der Waals surface area contributed by atoms with Crippen molar-refractivity contribution in [3.63, 3.8) is 0 Å². The fourth-order valence-electron chi connectivity index (χ4n) is 1.93. The summed E-state index contributed by atoms with van der Waals surface area (Å²) in [5.41, 5.74) is 0. The van der Waals surface area contributed by atoms with Crippen molar-refractivity contribution < 1.29 is 5.11 Å². The van der Waals surface area contributed by atoms with Crippen molar-refractivity contribution in [1.29, 1.82) is 0 Å². The molecule has 1 heterocycles. The Morgan fingerprint density at radius 3 is 2.79 bits per heavy atom. The average molecular weight is 193 g/mol. The SMILES string of the molecule is OC[C@@H]1CC[C@@H](Nc2ncccn2)C1. The number of rotatable bonds is 3. The maximum absolute atomic E-state index is 8.99. The third-order valence-electron chi connectivity index (χ3n) is 2.70. The van der Waals surface area contributed by atoms with Gasteiger partial charge in [-0.3, -0.25) is 0 Å². The molecule has 1 aromatic rings. The van der Waals surface area contributed by atoms with Crippen LogP contribution in [0.15, 0.2) is 18.5 Å². The van der Waals surface area contributed by atoms with Crippen molar-refractivity contribution in [3.8, 4) is 0 Å². The third-order valence-corrected chi connectivity index (χ3v) is 2.70. The van der Waals surface area contributed by atoms with Crippen LogP contribution in [0.3, 0.4) is 0 Å². The molecule has 0 spiro atoms. The van der Waals surface area contributed by atoms with Crippen molar-refractivity contribution in [1.82, 2.24) is 9.97 Å². The Labute approximate surface area is 83.4 Å². The predicted octanol–water partition coefficient (Wildman–Crippen LogP) is 1.05. The summed E-state index contributed by atoms with van der Waals surface area (Å²) < 4.78 is 0. The third kappa shape index (κ3) is 2.20. The molecule has 0 unspecified atom stereocenters. The monoisotopic (exact) mass is 193 g/mol. The summed E-state index contributed by atoms with van der Waals surface area (Å²) >= 11 is 0. The van der Waals surface area contributed by atoms with Gasteiger partial charge in [0.05, 0.1) is 0 Å². The van der Waals surface area contributed by atoms with Crippen molar-refractivity contribution in [2.45, 2.75) is 25.3 Å². The first kappa shape index (κ1) is 9.40. The Bertz CT molecular complexity index is 278. The van der Waals surface area contributed by atoms with Crippen molar-refractivity contribution in [2.24, 2.45) is 5.92 Å². The van der Waals surface area contributed by atoms with Gasteiger partial charge in [-0.15, -0.1) is 0 Å². The summed E-state index contributed by atoms with van der Waals surface area (Å²) in [6.07, 6.45) is 6.68. The Hall–Kier alpha value is -1.16. The van der Waals surface area contributed by atoms with Crippen LogP contribution in [0.4, 0.5) is 5.95 Å². The second-order valence-corrected chi connectivity index (χ2v) is 3.78. The Kier molecular flexibility index (Phi) is 2.93. The molecule has 2 rings (SSSR count). The molecule has 1 saturated carbocycles. The highest BCUT2D eigenvalue weighted by molar-refractivity contribution is 5.24. The first-order valence-electron chi connectivity index (χ1n) is 5.03. The molecule has 4 nitrogen and oxygen atoms in total. The van der Waals surface area contributed by atoms with Crippen LogP contribution in [-0.2, 0) is 0 Å². The Morgan fingerprint density at radius 2 is 2.14 bits per heavy atom. The molecule has 4 heteroatoms. The zero-order chi connectivity index (χ0) is 9.80. The van der Waals surface area contributed by atoms with E-state index in [1.54, 1.807) is 18.5 Å². The summed E-state index contributed by atoms with van der Waals surface area (Å²) in [5.74, 6) is 1.15. The normalized spacial score (nSPS) is 26.4. The van der Waals surface area contributed by atoms with Gasteiger partial charge < -0.3 is 10.4 Å². The van der Waals surface area contributed by atoms with E-state index < -0.39 is 0 Å². The summed E-state index contributed by atoms with van der Waals surface area (Å²) in [7, 11) is 0. The fourth-order valence-corrected chi connectivity index (χ4v) is 1.93. The first-order valence-corrected chi connectivity index (χ1v) is 5.03. The van der Waals surface area contributed by atoms with E-state index in [9.17, 15) is 0 Å². The number of aliphatic hydroxyl groups excluding tert-OH is 1. The van der Waals surface area contributed by atoms with Crippen LogP contribution in [-0.4, -0.2) is 27.7 Å². The van der Waals surface area contributed by atoms with Crippen molar-refractivity contribution in [3.05, 3.63) is 18.5 Å². The number of anilines is 1. The number of hydrogen-bond acceptors (Lipinski definition) is 4. The molecule has 2 N–H and O–H groups in total. The highest BCUT2D eigenvalue weighted by Crippen LogP contribution is 2.26. The molecule has 2 atom stereocenters. The molecule has 0 radical (unpaired) electrons. The molecule has 1 aliphatic carbocycles. The van der Waals surface area contributed by atoms with Gasteiger partial charge in [0.2, 0.25) is 5.95 Å².